The Morgan fingerprint density at radius 2 is 1.93 bits per heavy atom. The molecule has 4 heterocycles. The van der Waals surface area contributed by atoms with Crippen molar-refractivity contribution in [3.63, 3.8) is 0 Å². The molecule has 1 aliphatic heterocycles. The molecule has 0 spiro atoms. The maximum absolute atomic E-state index is 14.4. The number of amides is 1. The molecule has 1 amide bonds. The lowest BCUT2D eigenvalue weighted by molar-refractivity contribution is -0.137. The largest absolute Gasteiger partial charge is 0.495 e. The van der Waals surface area contributed by atoms with Gasteiger partial charge in [0.25, 0.3) is 5.91 Å². The molecule has 0 saturated carbocycles. The Morgan fingerprint density at radius 3 is 2.61 bits per heavy atom. The van der Waals surface area contributed by atoms with E-state index in [1.807, 2.05) is 10.9 Å². The van der Waals surface area contributed by atoms with Crippen LogP contribution in [0.2, 0.25) is 0 Å². The average molecular weight is 610 g/mol. The second kappa shape index (κ2) is 11.6. The highest BCUT2D eigenvalue weighted by molar-refractivity contribution is 6.06. The van der Waals surface area contributed by atoms with Crippen LogP contribution in [0.15, 0.2) is 55.2 Å². The molecule has 1 fully saturated rings. The number of alkyl halides is 3. The van der Waals surface area contributed by atoms with Crippen molar-refractivity contribution in [2.45, 2.75) is 31.6 Å². The zero-order chi connectivity index (χ0) is 31.0. The summed E-state index contributed by atoms with van der Waals surface area (Å²) in [6, 6.07) is 6.62. The number of fused-ring (bicyclic) bond motifs is 1. The number of H-pyrrole nitrogens is 1. The fraction of sp³-hybridized carbons (Fsp3) is 0.276. The van der Waals surface area contributed by atoms with Crippen molar-refractivity contribution in [2.24, 2.45) is 0 Å². The van der Waals surface area contributed by atoms with Crippen LogP contribution in [0.3, 0.4) is 0 Å². The summed E-state index contributed by atoms with van der Waals surface area (Å²) in [5.41, 5.74) is 7.43. The van der Waals surface area contributed by atoms with Crippen LogP contribution in [-0.2, 0) is 12.7 Å². The highest BCUT2D eigenvalue weighted by Gasteiger charge is 2.32. The van der Waals surface area contributed by atoms with Gasteiger partial charge in [0.1, 0.15) is 29.4 Å². The number of carbonyl (C=O) groups excluding carboxylic acids is 1. The van der Waals surface area contributed by atoms with E-state index >= 15 is 0 Å². The van der Waals surface area contributed by atoms with E-state index in [9.17, 15) is 22.4 Å². The molecule has 15 heteroatoms. The van der Waals surface area contributed by atoms with Gasteiger partial charge >= 0.3 is 6.18 Å². The van der Waals surface area contributed by atoms with Crippen molar-refractivity contribution >= 4 is 28.4 Å². The predicted molar refractivity (Wildman–Crippen MR) is 153 cm³/mol. The fourth-order valence-corrected chi connectivity index (χ4v) is 5.39. The smallest absolute Gasteiger partial charge is 0.416 e. The molecule has 0 unspecified atom stereocenters. The molecule has 0 radical (unpaired) electrons. The Bertz CT molecular complexity index is 1810. The predicted octanol–water partition coefficient (Wildman–Crippen LogP) is 5.05. The molecular weight excluding hydrogens is 582 g/mol. The Labute approximate surface area is 248 Å². The summed E-state index contributed by atoms with van der Waals surface area (Å²) >= 11 is 0. The number of aromatic nitrogens is 6. The number of nitrogens with one attached hydrogen (secondary N) is 2. The molecule has 228 valence electrons. The van der Waals surface area contributed by atoms with Gasteiger partial charge in [-0.2, -0.15) is 18.3 Å². The first-order chi connectivity index (χ1) is 21.1. The second-order valence-electron chi connectivity index (χ2n) is 10.4. The number of carbonyl (C=O) groups is 1. The monoisotopic (exact) mass is 609 g/mol. The summed E-state index contributed by atoms with van der Waals surface area (Å²) in [7, 11) is 1.39. The van der Waals surface area contributed by atoms with Gasteiger partial charge in [0.15, 0.2) is 5.65 Å². The van der Waals surface area contributed by atoms with E-state index in [1.165, 1.54) is 19.5 Å². The number of methoxy groups -OCH3 is 1. The topological polar surface area (TPSA) is 140 Å². The minimum absolute atomic E-state index is 0.0649. The number of ether oxygens (including phenoxy) is 1. The molecule has 5 aromatic rings. The fourth-order valence-electron chi connectivity index (χ4n) is 5.39. The third-order valence-corrected chi connectivity index (χ3v) is 7.63. The number of rotatable bonds is 7. The number of nitrogens with zero attached hydrogens (tertiary/aromatic N) is 6. The zero-order valence-corrected chi connectivity index (χ0v) is 23.4. The van der Waals surface area contributed by atoms with Crippen LogP contribution >= 0.6 is 0 Å². The van der Waals surface area contributed by atoms with E-state index in [2.05, 4.69) is 30.2 Å². The number of likely N-dealkylation sites (tertiary alicyclic amines) is 1. The van der Waals surface area contributed by atoms with Crippen LogP contribution in [0, 0.1) is 5.82 Å². The first-order valence-electron chi connectivity index (χ1n) is 13.7. The summed E-state index contributed by atoms with van der Waals surface area (Å²) in [5.74, 6) is -1.77. The number of aromatic amines is 1. The summed E-state index contributed by atoms with van der Waals surface area (Å²) < 4.78 is 60.6. The summed E-state index contributed by atoms with van der Waals surface area (Å²) in [4.78, 5) is 31.1. The van der Waals surface area contributed by atoms with Crippen LogP contribution < -0.4 is 15.8 Å². The molecule has 44 heavy (non-hydrogen) atoms. The van der Waals surface area contributed by atoms with Crippen LogP contribution in [0.4, 0.5) is 29.1 Å². The van der Waals surface area contributed by atoms with E-state index in [-0.39, 0.29) is 29.4 Å². The number of piperidine rings is 1. The van der Waals surface area contributed by atoms with Crippen molar-refractivity contribution in [3.8, 4) is 17.0 Å². The van der Waals surface area contributed by atoms with Gasteiger partial charge in [0, 0.05) is 31.4 Å². The van der Waals surface area contributed by atoms with Crippen LogP contribution in [0.1, 0.15) is 40.5 Å². The minimum atomic E-state index is -4.74. The van der Waals surface area contributed by atoms with Gasteiger partial charge in [-0.05, 0) is 43.2 Å². The standard InChI is InChI=1S/C29H27F4N9O2/c1-44-23-10-16(2-5-22(23)39-28(43)20-4-3-17(11-21(20)30)29(31,32)33)25-24-26(34)37-15-38-27(24)42(40-25)19-6-8-41(9-7-19)13-18-12-35-14-36-18/h2-5,10-12,14-15,19H,6-9,13H2,1H3,(H,35,36)(H,39,43)(H2,34,37,38). The van der Waals surface area contributed by atoms with Gasteiger partial charge in [-0.1, -0.05) is 6.07 Å². The van der Waals surface area contributed by atoms with E-state index < -0.39 is 29.0 Å². The van der Waals surface area contributed by atoms with Crippen molar-refractivity contribution in [2.75, 3.05) is 31.2 Å². The van der Waals surface area contributed by atoms with E-state index in [1.54, 1.807) is 18.5 Å². The first-order valence-corrected chi connectivity index (χ1v) is 13.7. The SMILES string of the molecule is COc1cc(-c2nn(C3CCN(Cc4c[nH]cn4)CC3)c3ncnc(N)c23)ccc1NC(=O)c1ccc(C(F)(F)F)cc1F. The van der Waals surface area contributed by atoms with Crippen molar-refractivity contribution in [1.29, 1.82) is 0 Å². The number of anilines is 2. The number of benzene rings is 2. The van der Waals surface area contributed by atoms with Gasteiger partial charge in [-0.3, -0.25) is 9.69 Å². The Balaban J connectivity index is 1.26. The third kappa shape index (κ3) is 5.65. The molecule has 6 rings (SSSR count). The van der Waals surface area contributed by atoms with Gasteiger partial charge in [0.05, 0.1) is 47.4 Å². The molecule has 3 aromatic heterocycles. The molecule has 1 saturated heterocycles. The number of halogens is 4. The van der Waals surface area contributed by atoms with Crippen LogP contribution in [0.25, 0.3) is 22.3 Å². The van der Waals surface area contributed by atoms with E-state index in [4.69, 9.17) is 15.6 Å². The first kappa shape index (κ1) is 29.0. The van der Waals surface area contributed by atoms with Gasteiger partial charge < -0.3 is 20.8 Å². The summed E-state index contributed by atoms with van der Waals surface area (Å²) in [6.07, 6.45) is 1.87. The lowest BCUT2D eigenvalue weighted by Crippen LogP contribution is -2.34. The number of nitrogens with two attached hydrogens (primary N) is 1. The third-order valence-electron chi connectivity index (χ3n) is 7.63. The Morgan fingerprint density at radius 1 is 1.14 bits per heavy atom. The number of hydrogen-bond acceptors (Lipinski definition) is 8. The van der Waals surface area contributed by atoms with Gasteiger partial charge in [-0.25, -0.2) is 24.0 Å². The maximum Gasteiger partial charge on any atom is 0.416 e. The Kier molecular flexibility index (Phi) is 7.63. The van der Waals surface area contributed by atoms with Crippen LogP contribution in [0.5, 0.6) is 5.75 Å². The van der Waals surface area contributed by atoms with Gasteiger partial charge in [0.2, 0.25) is 0 Å². The summed E-state index contributed by atoms with van der Waals surface area (Å²) in [5, 5.41) is 7.99. The maximum atomic E-state index is 14.4. The molecule has 2 aromatic carbocycles. The molecular formula is C29H27F4N9O2. The molecule has 1 aliphatic rings. The quantitative estimate of drug-likeness (QED) is 0.218. The second-order valence-corrected chi connectivity index (χ2v) is 10.4. The molecule has 4 N–H and O–H groups in total. The minimum Gasteiger partial charge on any atom is -0.495 e. The average Bonchev–Trinajstić information content (AvgIpc) is 3.66. The van der Waals surface area contributed by atoms with E-state index in [0.717, 1.165) is 44.2 Å². The highest BCUT2D eigenvalue weighted by atomic mass is 19.4. The highest BCUT2D eigenvalue weighted by Crippen LogP contribution is 2.38. The van der Waals surface area contributed by atoms with Gasteiger partial charge in [-0.15, -0.1) is 0 Å². The normalized spacial score (nSPS) is 14.7. The molecule has 0 bridgehead atoms. The van der Waals surface area contributed by atoms with E-state index in [0.29, 0.717) is 28.4 Å². The number of imidazole rings is 1. The zero-order valence-electron chi connectivity index (χ0n) is 23.4. The summed E-state index contributed by atoms with van der Waals surface area (Å²) in [6.45, 7) is 2.44. The molecule has 0 atom stereocenters. The number of hydrogen-bond donors (Lipinski definition) is 3. The lowest BCUT2D eigenvalue weighted by atomic mass is 10.0. The van der Waals surface area contributed by atoms with Crippen molar-refractivity contribution in [3.05, 3.63) is 77.9 Å². The van der Waals surface area contributed by atoms with Crippen molar-refractivity contribution < 1.29 is 27.1 Å². The molecule has 11 nitrogen and oxygen atoms in total. The Hall–Kier alpha value is -5.05. The lowest BCUT2D eigenvalue weighted by Gasteiger charge is -2.31. The number of nitrogen functional groups attached to an aromatic ring is 1. The van der Waals surface area contributed by atoms with Crippen LogP contribution in [-0.4, -0.2) is 60.7 Å². The molecule has 0 aliphatic carbocycles. The van der Waals surface area contributed by atoms with Crippen molar-refractivity contribution in [1.82, 2.24) is 34.6 Å².